The Morgan fingerprint density at radius 3 is 3.05 bits per heavy atom. The van der Waals surface area contributed by atoms with Gasteiger partial charge in [-0.25, -0.2) is 9.97 Å². The number of thioether (sulfide) groups is 1. The quantitative estimate of drug-likeness (QED) is 0.626. The molecule has 22 heavy (non-hydrogen) atoms. The molecular formula is C15H12ClN5S. The second-order valence-electron chi connectivity index (χ2n) is 4.91. The van der Waals surface area contributed by atoms with E-state index >= 15 is 0 Å². The minimum absolute atomic E-state index is 0.619. The molecule has 2 aromatic heterocycles. The van der Waals surface area contributed by atoms with Gasteiger partial charge < -0.3 is 4.90 Å². The number of amidine groups is 1. The highest BCUT2D eigenvalue weighted by Crippen LogP contribution is 2.37. The number of fused-ring (bicyclic) bond motifs is 3. The maximum absolute atomic E-state index is 6.31. The summed E-state index contributed by atoms with van der Waals surface area (Å²) in [6.07, 6.45) is 9.28. The number of aliphatic imine (C=N–C) groups is 1. The third kappa shape index (κ3) is 2.10. The number of halogens is 1. The topological polar surface area (TPSA) is 54.3 Å². The fourth-order valence-electron chi connectivity index (χ4n) is 2.68. The summed E-state index contributed by atoms with van der Waals surface area (Å²) >= 11 is 7.85. The molecule has 2 aliphatic rings. The van der Waals surface area contributed by atoms with E-state index in [-0.39, 0.29) is 0 Å². The van der Waals surface area contributed by atoms with Crippen LogP contribution in [0.4, 0.5) is 5.82 Å². The van der Waals surface area contributed by atoms with Gasteiger partial charge in [0, 0.05) is 41.8 Å². The first kappa shape index (κ1) is 13.7. The van der Waals surface area contributed by atoms with Gasteiger partial charge in [-0.15, -0.1) is 0 Å². The van der Waals surface area contributed by atoms with Crippen LogP contribution in [0.15, 0.2) is 34.8 Å². The number of nitrogens with zero attached hydrogens (tertiary/aromatic N) is 5. The fourth-order valence-corrected chi connectivity index (χ4v) is 3.24. The van der Waals surface area contributed by atoms with Gasteiger partial charge in [-0.3, -0.25) is 9.98 Å². The summed E-state index contributed by atoms with van der Waals surface area (Å²) in [5, 5.41) is 1.39. The van der Waals surface area contributed by atoms with Gasteiger partial charge in [0.05, 0.1) is 11.6 Å². The lowest BCUT2D eigenvalue weighted by Crippen LogP contribution is -2.32. The summed E-state index contributed by atoms with van der Waals surface area (Å²) in [6.45, 7) is 1.58. The summed E-state index contributed by atoms with van der Waals surface area (Å²) < 4.78 is 0. The van der Waals surface area contributed by atoms with Crippen molar-refractivity contribution in [2.75, 3.05) is 24.2 Å². The van der Waals surface area contributed by atoms with Gasteiger partial charge in [0.1, 0.15) is 11.7 Å². The number of pyridine rings is 1. The zero-order valence-corrected chi connectivity index (χ0v) is 13.4. The van der Waals surface area contributed by atoms with Crippen LogP contribution in [0.3, 0.4) is 0 Å². The highest BCUT2D eigenvalue weighted by Gasteiger charge is 2.31. The van der Waals surface area contributed by atoms with Gasteiger partial charge in [0.25, 0.3) is 0 Å². The number of anilines is 1. The van der Waals surface area contributed by atoms with Gasteiger partial charge in [-0.05, 0) is 18.4 Å². The van der Waals surface area contributed by atoms with E-state index < -0.39 is 0 Å². The summed E-state index contributed by atoms with van der Waals surface area (Å²) in [7, 11) is 0. The molecule has 0 N–H and O–H groups in total. The lowest BCUT2D eigenvalue weighted by atomic mass is 9.99. The van der Waals surface area contributed by atoms with Gasteiger partial charge >= 0.3 is 0 Å². The molecule has 7 heteroatoms. The molecule has 0 atom stereocenters. The minimum atomic E-state index is 0.619. The lowest BCUT2D eigenvalue weighted by Gasteiger charge is -2.27. The molecule has 0 saturated carbocycles. The van der Waals surface area contributed by atoms with Crippen molar-refractivity contribution in [1.29, 1.82) is 0 Å². The molecule has 2 aromatic rings. The number of aromatic nitrogens is 3. The highest BCUT2D eigenvalue weighted by molar-refractivity contribution is 7.98. The Morgan fingerprint density at radius 1 is 1.32 bits per heavy atom. The average Bonchev–Trinajstić information content (AvgIpc) is 3.04. The van der Waals surface area contributed by atoms with Gasteiger partial charge in [-0.2, -0.15) is 0 Å². The van der Waals surface area contributed by atoms with Crippen LogP contribution in [0, 0.1) is 0 Å². The number of rotatable bonds is 2. The first-order valence-electron chi connectivity index (χ1n) is 6.83. The largest absolute Gasteiger partial charge is 0.308 e. The Kier molecular flexibility index (Phi) is 3.35. The molecule has 0 aromatic carbocycles. The molecule has 5 nitrogen and oxygen atoms in total. The lowest BCUT2D eigenvalue weighted by molar-refractivity contribution is 0.918. The molecule has 0 bridgehead atoms. The summed E-state index contributed by atoms with van der Waals surface area (Å²) in [6, 6.07) is 1.91. The molecule has 0 fully saturated rings. The first-order valence-corrected chi connectivity index (χ1v) is 8.43. The minimum Gasteiger partial charge on any atom is -0.308 e. The molecule has 0 radical (unpaired) electrons. The monoisotopic (exact) mass is 329 g/mol. The van der Waals surface area contributed by atoms with Crippen LogP contribution in [0.1, 0.15) is 11.1 Å². The van der Waals surface area contributed by atoms with Crippen LogP contribution in [-0.4, -0.2) is 40.1 Å². The summed E-state index contributed by atoms with van der Waals surface area (Å²) in [5.41, 5.74) is 2.92. The predicted octanol–water partition coefficient (Wildman–Crippen LogP) is 3.02. The third-order valence-corrected chi connectivity index (χ3v) is 4.52. The van der Waals surface area contributed by atoms with Crippen molar-refractivity contribution < 1.29 is 0 Å². The molecular weight excluding hydrogens is 318 g/mol. The second kappa shape index (κ2) is 5.37. The summed E-state index contributed by atoms with van der Waals surface area (Å²) in [4.78, 5) is 19.8. The Morgan fingerprint density at radius 2 is 2.23 bits per heavy atom. The van der Waals surface area contributed by atoms with E-state index in [1.165, 1.54) is 11.8 Å². The highest BCUT2D eigenvalue weighted by atomic mass is 35.5. The Hall–Kier alpha value is -1.92. The third-order valence-electron chi connectivity index (χ3n) is 3.66. The summed E-state index contributed by atoms with van der Waals surface area (Å²) in [5.74, 6) is 1.84. The van der Waals surface area contributed by atoms with Crippen LogP contribution in [-0.2, 0) is 0 Å². The normalized spacial score (nSPS) is 16.0. The first-order chi connectivity index (χ1) is 10.8. The van der Waals surface area contributed by atoms with E-state index in [2.05, 4.69) is 30.9 Å². The van der Waals surface area contributed by atoms with E-state index in [9.17, 15) is 0 Å². The van der Waals surface area contributed by atoms with E-state index in [4.69, 9.17) is 11.6 Å². The Bertz CT molecular complexity index is 817. The molecule has 4 rings (SSSR count). The SMILES string of the molecule is CSc1ncc2c(n1)N1CCN=C1C(c1ccncc1Cl)=C2. The zero-order valence-electron chi connectivity index (χ0n) is 11.8. The van der Waals surface area contributed by atoms with E-state index in [0.29, 0.717) is 5.02 Å². The maximum atomic E-state index is 6.31. The van der Waals surface area contributed by atoms with Crippen molar-refractivity contribution in [1.82, 2.24) is 15.0 Å². The molecule has 0 unspecified atom stereocenters. The van der Waals surface area contributed by atoms with Crippen LogP contribution >= 0.6 is 23.4 Å². The smallest absolute Gasteiger partial charge is 0.189 e. The zero-order chi connectivity index (χ0) is 15.1. The maximum Gasteiger partial charge on any atom is 0.189 e. The van der Waals surface area contributed by atoms with Crippen LogP contribution in [0.5, 0.6) is 0 Å². The molecule has 0 amide bonds. The Balaban J connectivity index is 1.92. The van der Waals surface area contributed by atoms with Crippen molar-refractivity contribution in [2.45, 2.75) is 5.16 Å². The van der Waals surface area contributed by atoms with Crippen molar-refractivity contribution in [2.24, 2.45) is 4.99 Å². The molecule has 0 saturated heterocycles. The molecule has 110 valence electrons. The van der Waals surface area contributed by atoms with Gasteiger partial charge in [0.15, 0.2) is 5.16 Å². The Labute approximate surface area is 137 Å². The van der Waals surface area contributed by atoms with Crippen LogP contribution < -0.4 is 4.90 Å². The average molecular weight is 330 g/mol. The number of hydrogen-bond acceptors (Lipinski definition) is 6. The van der Waals surface area contributed by atoms with Crippen molar-refractivity contribution in [3.63, 3.8) is 0 Å². The van der Waals surface area contributed by atoms with Crippen molar-refractivity contribution >= 4 is 46.7 Å². The second-order valence-corrected chi connectivity index (χ2v) is 6.09. The van der Waals surface area contributed by atoms with Gasteiger partial charge in [0.2, 0.25) is 0 Å². The number of hydrogen-bond donors (Lipinski definition) is 0. The molecule has 0 aliphatic carbocycles. The van der Waals surface area contributed by atoms with E-state index in [1.54, 1.807) is 12.4 Å². The molecule has 4 heterocycles. The standard InChI is InChI=1S/C15H12ClN5S/c1-22-15-19-7-9-6-11(10-2-3-17-8-12(10)16)14-18-4-5-21(14)13(9)20-15/h2-3,6-8H,4-5H2,1H3. The fraction of sp³-hybridized carbons (Fsp3) is 0.200. The van der Waals surface area contributed by atoms with Crippen molar-refractivity contribution in [3.05, 3.63) is 40.8 Å². The van der Waals surface area contributed by atoms with Gasteiger partial charge in [-0.1, -0.05) is 23.4 Å². The predicted molar refractivity (Wildman–Crippen MR) is 90.6 cm³/mol. The molecule has 0 spiro atoms. The van der Waals surface area contributed by atoms with Crippen LogP contribution in [0.2, 0.25) is 5.02 Å². The van der Waals surface area contributed by atoms with Crippen molar-refractivity contribution in [3.8, 4) is 0 Å². The molecule has 2 aliphatic heterocycles. The van der Waals surface area contributed by atoms with E-state index in [0.717, 1.165) is 46.6 Å². The van der Waals surface area contributed by atoms with E-state index in [1.807, 2.05) is 18.5 Å². The van der Waals surface area contributed by atoms with Crippen LogP contribution in [0.25, 0.3) is 11.6 Å².